The van der Waals surface area contributed by atoms with Crippen molar-refractivity contribution in [3.63, 3.8) is 0 Å². The van der Waals surface area contributed by atoms with E-state index in [2.05, 4.69) is 24.3 Å². The zero-order valence-electron chi connectivity index (χ0n) is 6.79. The molecule has 0 unspecified atom stereocenters. The van der Waals surface area contributed by atoms with E-state index >= 15 is 0 Å². The van der Waals surface area contributed by atoms with Gasteiger partial charge < -0.3 is 0 Å². The van der Waals surface area contributed by atoms with Gasteiger partial charge in [-0.1, -0.05) is 13.8 Å². The molecule has 3 nitrogen and oxygen atoms in total. The lowest BCUT2D eigenvalue weighted by molar-refractivity contribution is 0.749. The minimum atomic E-state index is 0.520. The molecule has 0 amide bonds. The van der Waals surface area contributed by atoms with E-state index in [0.29, 0.717) is 12.5 Å². The third-order valence-electron chi connectivity index (χ3n) is 1.34. The number of hydrogen-bond donors (Lipinski definition) is 2. The molecule has 0 fully saturated rings. The zero-order valence-corrected chi connectivity index (χ0v) is 7.61. The van der Waals surface area contributed by atoms with Crippen molar-refractivity contribution in [1.82, 2.24) is 10.4 Å². The average Bonchev–Trinajstić information content (AvgIpc) is 2.37. The number of rotatable bonds is 3. The highest BCUT2D eigenvalue weighted by Gasteiger charge is 2.04. The molecule has 0 atom stereocenters. The maximum absolute atomic E-state index is 5.17. The molecule has 0 saturated heterocycles. The summed E-state index contributed by atoms with van der Waals surface area (Å²) in [4.78, 5) is 5.45. The van der Waals surface area contributed by atoms with Crippen LogP contribution < -0.4 is 11.3 Å². The molecule has 4 heteroatoms. The minimum Gasteiger partial charge on any atom is -0.271 e. The van der Waals surface area contributed by atoms with Crippen LogP contribution in [-0.4, -0.2) is 4.98 Å². The predicted molar refractivity (Wildman–Crippen MR) is 47.2 cm³/mol. The number of nitrogens with zero attached hydrogens (tertiary/aromatic N) is 1. The van der Waals surface area contributed by atoms with Crippen LogP contribution in [0, 0.1) is 0 Å². The van der Waals surface area contributed by atoms with Gasteiger partial charge in [-0.3, -0.25) is 11.3 Å². The van der Waals surface area contributed by atoms with Crippen molar-refractivity contribution < 1.29 is 0 Å². The average molecular weight is 171 g/mol. The van der Waals surface area contributed by atoms with Gasteiger partial charge in [-0.2, -0.15) is 0 Å². The van der Waals surface area contributed by atoms with Crippen LogP contribution in [0.3, 0.4) is 0 Å². The van der Waals surface area contributed by atoms with Gasteiger partial charge in [0.25, 0.3) is 0 Å². The van der Waals surface area contributed by atoms with Crippen LogP contribution in [0.5, 0.6) is 0 Å². The first kappa shape index (κ1) is 8.64. The van der Waals surface area contributed by atoms with Gasteiger partial charge in [-0.05, 0) is 0 Å². The Kier molecular flexibility index (Phi) is 2.99. The molecule has 0 bridgehead atoms. The Bertz CT molecular complexity index is 219. The monoisotopic (exact) mass is 171 g/mol. The number of hydrogen-bond acceptors (Lipinski definition) is 4. The first-order valence-electron chi connectivity index (χ1n) is 3.62. The lowest BCUT2D eigenvalue weighted by atomic mass is 10.2. The van der Waals surface area contributed by atoms with Gasteiger partial charge in [-0.25, -0.2) is 4.98 Å². The molecular weight excluding hydrogens is 158 g/mol. The fourth-order valence-corrected chi connectivity index (χ4v) is 1.64. The van der Waals surface area contributed by atoms with E-state index in [1.807, 2.05) is 6.20 Å². The molecule has 0 saturated carbocycles. The maximum atomic E-state index is 5.17. The van der Waals surface area contributed by atoms with Crippen molar-refractivity contribution in [1.29, 1.82) is 0 Å². The Morgan fingerprint density at radius 2 is 2.45 bits per heavy atom. The predicted octanol–water partition coefficient (Wildman–Crippen LogP) is 1.23. The summed E-state index contributed by atoms with van der Waals surface area (Å²) in [5, 5.41) is 1.18. The fourth-order valence-electron chi connectivity index (χ4n) is 0.772. The summed E-state index contributed by atoms with van der Waals surface area (Å²) in [6.45, 7) is 4.99. The lowest BCUT2D eigenvalue weighted by Gasteiger charge is -1.95. The summed E-state index contributed by atoms with van der Waals surface area (Å²) in [6.07, 6.45) is 1.87. The van der Waals surface area contributed by atoms with E-state index < -0.39 is 0 Å². The molecule has 3 N–H and O–H groups in total. The second kappa shape index (κ2) is 3.80. The highest BCUT2D eigenvalue weighted by atomic mass is 32.1. The molecule has 62 valence electrons. The third-order valence-corrected chi connectivity index (χ3v) is 2.64. The summed E-state index contributed by atoms with van der Waals surface area (Å²) >= 11 is 1.71. The van der Waals surface area contributed by atoms with Crippen LogP contribution in [0.25, 0.3) is 0 Å². The quantitative estimate of drug-likeness (QED) is 0.531. The molecule has 0 radical (unpaired) electrons. The highest BCUT2D eigenvalue weighted by molar-refractivity contribution is 7.11. The summed E-state index contributed by atoms with van der Waals surface area (Å²) in [6, 6.07) is 0. The molecule has 0 aliphatic heterocycles. The van der Waals surface area contributed by atoms with E-state index in [0.717, 1.165) is 0 Å². The molecule has 0 aliphatic rings. The standard InChI is InChI=1S/C7H13N3S/c1-5(2)7-9-3-6(11-7)4-10-8/h3,5,10H,4,8H2,1-2H3. The Labute approximate surface area is 70.6 Å². The summed E-state index contributed by atoms with van der Waals surface area (Å²) in [5.74, 6) is 5.69. The second-order valence-corrected chi connectivity index (χ2v) is 3.85. The van der Waals surface area contributed by atoms with Crippen molar-refractivity contribution in [2.45, 2.75) is 26.3 Å². The summed E-state index contributed by atoms with van der Waals surface area (Å²) in [7, 11) is 0. The fraction of sp³-hybridized carbons (Fsp3) is 0.571. The topological polar surface area (TPSA) is 50.9 Å². The van der Waals surface area contributed by atoms with Crippen molar-refractivity contribution >= 4 is 11.3 Å². The minimum absolute atomic E-state index is 0.520. The molecule has 1 aromatic heterocycles. The molecular formula is C7H13N3S. The second-order valence-electron chi connectivity index (χ2n) is 2.70. The SMILES string of the molecule is CC(C)c1ncc(CNN)s1. The number of aromatic nitrogens is 1. The largest absolute Gasteiger partial charge is 0.271 e. The van der Waals surface area contributed by atoms with Gasteiger partial charge in [-0.15, -0.1) is 11.3 Å². The van der Waals surface area contributed by atoms with Crippen LogP contribution in [-0.2, 0) is 6.54 Å². The smallest absolute Gasteiger partial charge is 0.0953 e. The van der Waals surface area contributed by atoms with E-state index in [1.54, 1.807) is 11.3 Å². The van der Waals surface area contributed by atoms with E-state index in [9.17, 15) is 0 Å². The molecule has 1 aromatic rings. The summed E-state index contributed by atoms with van der Waals surface area (Å²) in [5.41, 5.74) is 2.61. The Morgan fingerprint density at radius 3 is 2.91 bits per heavy atom. The van der Waals surface area contributed by atoms with Crippen molar-refractivity contribution in [3.8, 4) is 0 Å². The highest BCUT2D eigenvalue weighted by Crippen LogP contribution is 2.20. The van der Waals surface area contributed by atoms with Crippen LogP contribution in [0.1, 0.15) is 29.7 Å². The summed E-state index contributed by atoms with van der Waals surface area (Å²) < 4.78 is 0. The first-order chi connectivity index (χ1) is 5.24. The van der Waals surface area contributed by atoms with Gasteiger partial charge >= 0.3 is 0 Å². The molecule has 0 aliphatic carbocycles. The first-order valence-corrected chi connectivity index (χ1v) is 4.43. The Hall–Kier alpha value is -0.450. The molecule has 0 spiro atoms. The third kappa shape index (κ3) is 2.25. The van der Waals surface area contributed by atoms with Gasteiger partial charge in [0, 0.05) is 23.5 Å². The molecule has 1 heterocycles. The number of thiazole rings is 1. The van der Waals surface area contributed by atoms with E-state index in [4.69, 9.17) is 5.84 Å². The van der Waals surface area contributed by atoms with E-state index in [-0.39, 0.29) is 0 Å². The van der Waals surface area contributed by atoms with Crippen LogP contribution in [0.2, 0.25) is 0 Å². The Morgan fingerprint density at radius 1 is 1.73 bits per heavy atom. The van der Waals surface area contributed by atoms with Gasteiger partial charge in [0.05, 0.1) is 5.01 Å². The van der Waals surface area contributed by atoms with E-state index in [1.165, 1.54) is 9.88 Å². The van der Waals surface area contributed by atoms with Gasteiger partial charge in [0.1, 0.15) is 0 Å². The van der Waals surface area contributed by atoms with Crippen molar-refractivity contribution in [2.75, 3.05) is 0 Å². The molecule has 11 heavy (non-hydrogen) atoms. The number of hydrazine groups is 1. The maximum Gasteiger partial charge on any atom is 0.0953 e. The Balaban J connectivity index is 2.66. The number of nitrogens with one attached hydrogen (secondary N) is 1. The van der Waals surface area contributed by atoms with Crippen LogP contribution in [0.15, 0.2) is 6.20 Å². The normalized spacial score (nSPS) is 10.9. The zero-order chi connectivity index (χ0) is 8.27. The van der Waals surface area contributed by atoms with Crippen molar-refractivity contribution in [2.24, 2.45) is 5.84 Å². The number of nitrogens with two attached hydrogens (primary N) is 1. The molecule has 1 rings (SSSR count). The van der Waals surface area contributed by atoms with Gasteiger partial charge in [0.15, 0.2) is 0 Å². The van der Waals surface area contributed by atoms with Crippen molar-refractivity contribution in [3.05, 3.63) is 16.1 Å². The van der Waals surface area contributed by atoms with Gasteiger partial charge in [0.2, 0.25) is 0 Å². The van der Waals surface area contributed by atoms with Crippen LogP contribution >= 0.6 is 11.3 Å². The van der Waals surface area contributed by atoms with Crippen LogP contribution in [0.4, 0.5) is 0 Å². The molecule has 0 aromatic carbocycles. The lowest BCUT2D eigenvalue weighted by Crippen LogP contribution is -2.19.